The van der Waals surface area contributed by atoms with E-state index in [2.05, 4.69) is 0 Å². The highest BCUT2D eigenvalue weighted by Gasteiger charge is 2.34. The van der Waals surface area contributed by atoms with Gasteiger partial charge in [-0.3, -0.25) is 4.79 Å². The Hall–Kier alpha value is -2.04. The Kier molecular flexibility index (Phi) is 3.57. The van der Waals surface area contributed by atoms with Crippen molar-refractivity contribution in [3.63, 3.8) is 0 Å². The number of carboxylic acids is 1. The van der Waals surface area contributed by atoms with Crippen LogP contribution in [0.2, 0.25) is 0 Å². The lowest BCUT2D eigenvalue weighted by Gasteiger charge is -2.38. The van der Waals surface area contributed by atoms with Gasteiger partial charge in [-0.2, -0.15) is 0 Å². The standard InChI is InChI=1S/C16H19NO4/c1-10-2-5-13(17(9-10)15(18)16(19)20)12-4-3-11-6-7-21-14(11)8-12/h3-4,8,10,13H,2,5-7,9H2,1H3,(H,19,20). The normalized spacial score (nSPS) is 24.3. The largest absolute Gasteiger partial charge is 0.493 e. The Morgan fingerprint density at radius 2 is 2.14 bits per heavy atom. The fraction of sp³-hybridized carbons (Fsp3) is 0.500. The molecule has 1 N–H and O–H groups in total. The second-order valence-corrected chi connectivity index (χ2v) is 5.93. The zero-order valence-electron chi connectivity index (χ0n) is 12.0. The zero-order chi connectivity index (χ0) is 15.0. The Morgan fingerprint density at radius 3 is 2.90 bits per heavy atom. The first-order valence-electron chi connectivity index (χ1n) is 7.36. The van der Waals surface area contributed by atoms with Crippen molar-refractivity contribution in [2.45, 2.75) is 32.2 Å². The number of piperidine rings is 1. The van der Waals surface area contributed by atoms with Crippen LogP contribution in [0.1, 0.15) is 36.9 Å². The number of aliphatic carboxylic acids is 1. The lowest BCUT2D eigenvalue weighted by atomic mass is 9.89. The molecular weight excluding hydrogens is 270 g/mol. The molecule has 2 atom stereocenters. The minimum absolute atomic E-state index is 0.167. The molecule has 0 bridgehead atoms. The summed E-state index contributed by atoms with van der Waals surface area (Å²) in [4.78, 5) is 24.5. The van der Waals surface area contributed by atoms with Gasteiger partial charge < -0.3 is 14.7 Å². The van der Waals surface area contributed by atoms with Crippen LogP contribution in [0.25, 0.3) is 0 Å². The van der Waals surface area contributed by atoms with Crippen LogP contribution in [0, 0.1) is 5.92 Å². The summed E-state index contributed by atoms with van der Waals surface area (Å²) in [5.41, 5.74) is 2.15. The molecule has 2 unspecified atom stereocenters. The number of fused-ring (bicyclic) bond motifs is 1. The maximum absolute atomic E-state index is 12.0. The Morgan fingerprint density at radius 1 is 1.33 bits per heavy atom. The summed E-state index contributed by atoms with van der Waals surface area (Å²) in [6.07, 6.45) is 2.69. The smallest absolute Gasteiger partial charge is 0.394 e. The molecule has 112 valence electrons. The average molecular weight is 289 g/mol. The molecule has 0 saturated carbocycles. The summed E-state index contributed by atoms with van der Waals surface area (Å²) in [6.45, 7) is 3.23. The number of likely N-dealkylation sites (tertiary alicyclic amines) is 1. The Balaban J connectivity index is 1.90. The van der Waals surface area contributed by atoms with Crippen molar-refractivity contribution in [1.29, 1.82) is 0 Å². The lowest BCUT2D eigenvalue weighted by Crippen LogP contribution is -2.44. The molecule has 3 rings (SSSR count). The number of carbonyl (C=O) groups excluding carboxylic acids is 1. The zero-order valence-corrected chi connectivity index (χ0v) is 12.0. The second-order valence-electron chi connectivity index (χ2n) is 5.93. The van der Waals surface area contributed by atoms with Gasteiger partial charge in [0.15, 0.2) is 0 Å². The van der Waals surface area contributed by atoms with Crippen LogP contribution < -0.4 is 4.74 Å². The fourth-order valence-electron chi connectivity index (χ4n) is 3.24. The van der Waals surface area contributed by atoms with E-state index in [1.54, 1.807) is 0 Å². The topological polar surface area (TPSA) is 66.8 Å². The molecule has 2 heterocycles. The van der Waals surface area contributed by atoms with E-state index >= 15 is 0 Å². The maximum atomic E-state index is 12.0. The third kappa shape index (κ3) is 2.60. The SMILES string of the molecule is CC1CCC(c2ccc3c(c2)OCC3)N(C(=O)C(=O)O)C1. The van der Waals surface area contributed by atoms with Gasteiger partial charge in [0.25, 0.3) is 0 Å². The third-order valence-corrected chi connectivity index (χ3v) is 4.37. The Labute approximate surface area is 123 Å². The van der Waals surface area contributed by atoms with Gasteiger partial charge in [0.05, 0.1) is 12.6 Å². The molecule has 21 heavy (non-hydrogen) atoms. The molecule has 5 nitrogen and oxygen atoms in total. The predicted molar refractivity (Wildman–Crippen MR) is 76.1 cm³/mol. The molecular formula is C16H19NO4. The highest BCUT2D eigenvalue weighted by molar-refractivity contribution is 6.31. The van der Waals surface area contributed by atoms with Crippen molar-refractivity contribution in [1.82, 2.24) is 4.90 Å². The van der Waals surface area contributed by atoms with E-state index in [9.17, 15) is 9.59 Å². The van der Waals surface area contributed by atoms with E-state index in [1.807, 2.05) is 25.1 Å². The second kappa shape index (κ2) is 5.39. The number of carbonyl (C=O) groups is 2. The summed E-state index contributed by atoms with van der Waals surface area (Å²) in [5, 5.41) is 9.02. The number of nitrogens with zero attached hydrogens (tertiary/aromatic N) is 1. The first-order valence-corrected chi connectivity index (χ1v) is 7.36. The van der Waals surface area contributed by atoms with Crippen molar-refractivity contribution in [3.05, 3.63) is 29.3 Å². The highest BCUT2D eigenvalue weighted by atomic mass is 16.5. The van der Waals surface area contributed by atoms with Crippen molar-refractivity contribution < 1.29 is 19.4 Å². The van der Waals surface area contributed by atoms with Crippen LogP contribution in [-0.4, -0.2) is 35.0 Å². The molecule has 0 aromatic heterocycles. The molecule has 2 aliphatic heterocycles. The van der Waals surface area contributed by atoms with Gasteiger partial charge >= 0.3 is 11.9 Å². The maximum Gasteiger partial charge on any atom is 0.394 e. The van der Waals surface area contributed by atoms with E-state index in [0.29, 0.717) is 19.1 Å². The van der Waals surface area contributed by atoms with Crippen molar-refractivity contribution in [2.24, 2.45) is 5.92 Å². The van der Waals surface area contributed by atoms with Crippen molar-refractivity contribution >= 4 is 11.9 Å². The number of hydrogen-bond donors (Lipinski definition) is 1. The van der Waals surface area contributed by atoms with E-state index in [-0.39, 0.29) is 6.04 Å². The van der Waals surface area contributed by atoms with Crippen LogP contribution in [0.4, 0.5) is 0 Å². The number of benzene rings is 1. The minimum Gasteiger partial charge on any atom is -0.493 e. The first kappa shape index (κ1) is 13.9. The molecule has 1 aromatic carbocycles. The molecule has 1 saturated heterocycles. The summed E-state index contributed by atoms with van der Waals surface area (Å²) < 4.78 is 5.57. The fourth-order valence-corrected chi connectivity index (χ4v) is 3.24. The molecule has 5 heteroatoms. The molecule has 1 aromatic rings. The lowest BCUT2D eigenvalue weighted by molar-refractivity contribution is -0.158. The summed E-state index contributed by atoms with van der Waals surface area (Å²) in [5.74, 6) is -0.997. The molecule has 1 amide bonds. The number of carboxylic acid groups (broad SMARTS) is 1. The number of rotatable bonds is 1. The first-order chi connectivity index (χ1) is 10.1. The summed E-state index contributed by atoms with van der Waals surface area (Å²) in [6, 6.07) is 5.82. The summed E-state index contributed by atoms with van der Waals surface area (Å²) >= 11 is 0. The number of hydrogen-bond acceptors (Lipinski definition) is 3. The number of ether oxygens (including phenoxy) is 1. The van der Waals surface area contributed by atoms with Gasteiger partial charge in [-0.05, 0) is 36.0 Å². The molecule has 0 radical (unpaired) electrons. The quantitative estimate of drug-likeness (QED) is 0.803. The molecule has 1 fully saturated rings. The van der Waals surface area contributed by atoms with Crippen LogP contribution in [0.15, 0.2) is 18.2 Å². The summed E-state index contributed by atoms with van der Waals surface area (Å²) in [7, 11) is 0. The van der Waals surface area contributed by atoms with E-state index < -0.39 is 11.9 Å². The van der Waals surface area contributed by atoms with Crippen molar-refractivity contribution in [3.8, 4) is 5.75 Å². The van der Waals surface area contributed by atoms with Gasteiger partial charge in [-0.25, -0.2) is 4.79 Å². The van der Waals surface area contributed by atoms with Crippen molar-refractivity contribution in [2.75, 3.05) is 13.2 Å². The van der Waals surface area contributed by atoms with Crippen LogP contribution >= 0.6 is 0 Å². The van der Waals surface area contributed by atoms with Crippen LogP contribution in [0.3, 0.4) is 0 Å². The predicted octanol–water partition coefficient (Wildman–Crippen LogP) is 2.01. The average Bonchev–Trinajstić information content (AvgIpc) is 2.93. The van der Waals surface area contributed by atoms with E-state index in [0.717, 1.165) is 30.6 Å². The van der Waals surface area contributed by atoms with E-state index in [1.165, 1.54) is 10.5 Å². The molecule has 0 spiro atoms. The van der Waals surface area contributed by atoms with Gasteiger partial charge in [0, 0.05) is 13.0 Å². The van der Waals surface area contributed by atoms with Crippen LogP contribution in [0.5, 0.6) is 5.75 Å². The molecule has 0 aliphatic carbocycles. The number of amides is 1. The third-order valence-electron chi connectivity index (χ3n) is 4.37. The van der Waals surface area contributed by atoms with Gasteiger partial charge in [-0.15, -0.1) is 0 Å². The van der Waals surface area contributed by atoms with Crippen LogP contribution in [-0.2, 0) is 16.0 Å². The Bertz CT molecular complexity index is 584. The van der Waals surface area contributed by atoms with Gasteiger partial charge in [0.2, 0.25) is 0 Å². The van der Waals surface area contributed by atoms with E-state index in [4.69, 9.17) is 9.84 Å². The van der Waals surface area contributed by atoms with Gasteiger partial charge in [-0.1, -0.05) is 19.1 Å². The minimum atomic E-state index is -1.38. The monoisotopic (exact) mass is 289 g/mol. The molecule has 2 aliphatic rings. The highest BCUT2D eigenvalue weighted by Crippen LogP contribution is 2.36. The van der Waals surface area contributed by atoms with Gasteiger partial charge in [0.1, 0.15) is 5.75 Å².